The first-order valence-electron chi connectivity index (χ1n) is 5.61. The van der Waals surface area contributed by atoms with Gasteiger partial charge in [-0.15, -0.1) is 0 Å². The average Bonchev–Trinajstić information content (AvgIpc) is 2.22. The molecule has 0 aromatic heterocycles. The van der Waals surface area contributed by atoms with Gasteiger partial charge in [-0.05, 0) is 19.4 Å². The monoisotopic (exact) mass is 244 g/mol. The van der Waals surface area contributed by atoms with Crippen molar-refractivity contribution in [3.63, 3.8) is 0 Å². The van der Waals surface area contributed by atoms with Gasteiger partial charge in [0.15, 0.2) is 0 Å². The summed E-state index contributed by atoms with van der Waals surface area (Å²) in [5.74, 6) is 0. The topological polar surface area (TPSA) is 29.5 Å². The molecule has 0 amide bonds. The van der Waals surface area contributed by atoms with Crippen molar-refractivity contribution in [2.45, 2.75) is 32.8 Å². The lowest BCUT2D eigenvalue weighted by atomic mass is 10.0. The molecule has 0 saturated heterocycles. The smallest absolute Gasteiger partial charge is 0.261 e. The quantitative estimate of drug-likeness (QED) is 0.779. The van der Waals surface area contributed by atoms with Gasteiger partial charge in [-0.25, -0.2) is 8.78 Å². The summed E-state index contributed by atoms with van der Waals surface area (Å²) in [7, 11) is 0. The summed E-state index contributed by atoms with van der Waals surface area (Å²) >= 11 is 0. The summed E-state index contributed by atoms with van der Waals surface area (Å²) in [5.41, 5.74) is 2.96. The van der Waals surface area contributed by atoms with Gasteiger partial charge in [-0.1, -0.05) is 29.3 Å². The lowest BCUT2D eigenvalue weighted by Crippen LogP contribution is -2.08. The Morgan fingerprint density at radius 3 is 2.29 bits per heavy atom. The van der Waals surface area contributed by atoms with Crippen LogP contribution < -0.4 is 0 Å². The maximum absolute atomic E-state index is 11.8. The Morgan fingerprint density at radius 1 is 1.18 bits per heavy atom. The minimum atomic E-state index is -2.45. The fraction of sp³-hybridized carbons (Fsp3) is 0.538. The van der Waals surface area contributed by atoms with Crippen LogP contribution in [0.2, 0.25) is 0 Å². The molecule has 1 unspecified atom stereocenters. The second-order valence-electron chi connectivity index (χ2n) is 4.19. The van der Waals surface area contributed by atoms with Gasteiger partial charge >= 0.3 is 0 Å². The predicted molar refractivity (Wildman–Crippen MR) is 62.3 cm³/mol. The standard InChI is InChI=1S/C13H18F2O2/c1-9-5-10(2)7-11(6-9)12(16)3-4-17-8-13(14)15/h5-7,12-13,16H,3-4,8H2,1-2H3. The van der Waals surface area contributed by atoms with Crippen molar-refractivity contribution < 1.29 is 18.6 Å². The lowest BCUT2D eigenvalue weighted by Gasteiger charge is -2.13. The highest BCUT2D eigenvalue weighted by molar-refractivity contribution is 5.29. The molecule has 0 spiro atoms. The number of alkyl halides is 2. The number of aliphatic hydroxyl groups excluding tert-OH is 1. The second-order valence-corrected chi connectivity index (χ2v) is 4.19. The van der Waals surface area contributed by atoms with Crippen LogP contribution in [0, 0.1) is 13.8 Å². The molecule has 17 heavy (non-hydrogen) atoms. The molecule has 2 nitrogen and oxygen atoms in total. The van der Waals surface area contributed by atoms with E-state index in [1.165, 1.54) is 0 Å². The molecule has 1 aromatic rings. The Kier molecular flexibility index (Phi) is 5.51. The number of rotatable bonds is 6. The minimum absolute atomic E-state index is 0.137. The van der Waals surface area contributed by atoms with Gasteiger partial charge in [-0.2, -0.15) is 0 Å². The molecule has 0 bridgehead atoms. The molecule has 0 heterocycles. The third-order valence-electron chi connectivity index (χ3n) is 2.41. The molecule has 1 atom stereocenters. The highest BCUT2D eigenvalue weighted by atomic mass is 19.3. The van der Waals surface area contributed by atoms with E-state index in [1.807, 2.05) is 32.0 Å². The second kappa shape index (κ2) is 6.67. The van der Waals surface area contributed by atoms with Crippen molar-refractivity contribution in [2.75, 3.05) is 13.2 Å². The highest BCUT2D eigenvalue weighted by Gasteiger charge is 2.09. The fourth-order valence-electron chi connectivity index (χ4n) is 1.74. The van der Waals surface area contributed by atoms with E-state index in [2.05, 4.69) is 0 Å². The van der Waals surface area contributed by atoms with Crippen molar-refractivity contribution in [2.24, 2.45) is 0 Å². The van der Waals surface area contributed by atoms with Crippen LogP contribution in [-0.2, 0) is 4.74 Å². The summed E-state index contributed by atoms with van der Waals surface area (Å²) < 4.78 is 28.3. The Bertz CT molecular complexity index is 333. The molecule has 0 saturated carbocycles. The number of benzene rings is 1. The van der Waals surface area contributed by atoms with Crippen LogP contribution in [0.3, 0.4) is 0 Å². The highest BCUT2D eigenvalue weighted by Crippen LogP contribution is 2.19. The number of ether oxygens (including phenoxy) is 1. The van der Waals surface area contributed by atoms with Gasteiger partial charge in [0.2, 0.25) is 0 Å². The maximum atomic E-state index is 11.8. The van der Waals surface area contributed by atoms with Crippen LogP contribution in [0.4, 0.5) is 8.78 Å². The van der Waals surface area contributed by atoms with Crippen molar-refractivity contribution >= 4 is 0 Å². The Labute approximate surface area is 100 Å². The minimum Gasteiger partial charge on any atom is -0.388 e. The van der Waals surface area contributed by atoms with E-state index in [4.69, 9.17) is 4.74 Å². The largest absolute Gasteiger partial charge is 0.388 e. The Hall–Kier alpha value is -1.00. The molecular formula is C13H18F2O2. The summed E-state index contributed by atoms with van der Waals surface area (Å²) in [6.45, 7) is 3.48. The normalized spacial score (nSPS) is 13.1. The van der Waals surface area contributed by atoms with Crippen molar-refractivity contribution in [1.82, 2.24) is 0 Å². The first-order chi connectivity index (χ1) is 7.99. The predicted octanol–water partition coefficient (Wildman–Crippen LogP) is 3.01. The molecule has 0 aliphatic carbocycles. The number of aliphatic hydroxyl groups is 1. The van der Waals surface area contributed by atoms with Crippen molar-refractivity contribution in [1.29, 1.82) is 0 Å². The van der Waals surface area contributed by atoms with E-state index in [0.29, 0.717) is 6.42 Å². The van der Waals surface area contributed by atoms with Crippen LogP contribution in [0.5, 0.6) is 0 Å². The first-order valence-corrected chi connectivity index (χ1v) is 5.61. The van der Waals surface area contributed by atoms with Crippen LogP contribution in [-0.4, -0.2) is 24.7 Å². The van der Waals surface area contributed by atoms with Gasteiger partial charge in [0, 0.05) is 13.0 Å². The number of hydrogen-bond donors (Lipinski definition) is 1. The van der Waals surface area contributed by atoms with E-state index in [1.54, 1.807) is 0 Å². The van der Waals surface area contributed by atoms with Gasteiger partial charge in [0.05, 0.1) is 6.10 Å². The summed E-state index contributed by atoms with van der Waals surface area (Å²) in [4.78, 5) is 0. The number of hydrogen-bond acceptors (Lipinski definition) is 2. The van der Waals surface area contributed by atoms with Gasteiger partial charge in [0.25, 0.3) is 6.43 Å². The fourth-order valence-corrected chi connectivity index (χ4v) is 1.74. The van der Waals surface area contributed by atoms with Crippen LogP contribution in [0.1, 0.15) is 29.2 Å². The number of halogens is 2. The van der Waals surface area contributed by atoms with Crippen LogP contribution in [0.15, 0.2) is 18.2 Å². The van der Waals surface area contributed by atoms with Crippen LogP contribution >= 0.6 is 0 Å². The SMILES string of the molecule is Cc1cc(C)cc(C(O)CCOCC(F)F)c1. The zero-order chi connectivity index (χ0) is 12.8. The van der Waals surface area contributed by atoms with E-state index >= 15 is 0 Å². The molecular weight excluding hydrogens is 226 g/mol. The van der Waals surface area contributed by atoms with Crippen molar-refractivity contribution in [3.8, 4) is 0 Å². The molecule has 96 valence electrons. The lowest BCUT2D eigenvalue weighted by molar-refractivity contribution is 0.00480. The summed E-state index contributed by atoms with van der Waals surface area (Å²) in [5, 5.41) is 9.87. The molecule has 0 aliphatic rings. The third kappa shape index (κ3) is 5.24. The summed E-state index contributed by atoms with van der Waals surface area (Å²) in [6.07, 6.45) is -2.78. The van der Waals surface area contributed by atoms with Crippen molar-refractivity contribution in [3.05, 3.63) is 34.9 Å². The van der Waals surface area contributed by atoms with E-state index in [-0.39, 0.29) is 6.61 Å². The van der Waals surface area contributed by atoms with Gasteiger partial charge in [0.1, 0.15) is 6.61 Å². The average molecular weight is 244 g/mol. The first kappa shape index (κ1) is 14.1. The molecule has 0 fully saturated rings. The van der Waals surface area contributed by atoms with Gasteiger partial charge < -0.3 is 9.84 Å². The van der Waals surface area contributed by atoms with Gasteiger partial charge in [-0.3, -0.25) is 0 Å². The molecule has 1 rings (SSSR count). The maximum Gasteiger partial charge on any atom is 0.261 e. The molecule has 1 N–H and O–H groups in total. The third-order valence-corrected chi connectivity index (χ3v) is 2.41. The van der Waals surface area contributed by atoms with E-state index in [9.17, 15) is 13.9 Å². The van der Waals surface area contributed by atoms with E-state index < -0.39 is 19.1 Å². The summed E-state index contributed by atoms with van der Waals surface area (Å²) in [6, 6.07) is 5.80. The zero-order valence-corrected chi connectivity index (χ0v) is 10.1. The molecule has 4 heteroatoms. The molecule has 1 aromatic carbocycles. The molecule has 0 aliphatic heterocycles. The number of aryl methyl sites for hydroxylation is 2. The molecule has 0 radical (unpaired) electrons. The Balaban J connectivity index is 2.43. The zero-order valence-electron chi connectivity index (χ0n) is 10.1. The van der Waals surface area contributed by atoms with E-state index in [0.717, 1.165) is 16.7 Å². The Morgan fingerprint density at radius 2 is 1.76 bits per heavy atom. The van der Waals surface area contributed by atoms with Crippen LogP contribution in [0.25, 0.3) is 0 Å².